The number of hydrogen-bond donors (Lipinski definition) is 3. The molecular weight excluding hydrogens is 246 g/mol. The van der Waals surface area contributed by atoms with Gasteiger partial charge in [0.25, 0.3) is 10.0 Å². The molecule has 8 heteroatoms. The third-order valence-electron chi connectivity index (χ3n) is 2.19. The minimum absolute atomic E-state index is 0.0651. The Morgan fingerprint density at radius 1 is 1.65 bits per heavy atom. The fraction of sp³-hybridized carbons (Fsp3) is 0.667. The first-order valence-corrected chi connectivity index (χ1v) is 6.61. The molecule has 0 amide bonds. The van der Waals surface area contributed by atoms with Crippen molar-refractivity contribution in [1.29, 1.82) is 0 Å². The molecule has 0 aliphatic rings. The van der Waals surface area contributed by atoms with Crippen LogP contribution < -0.4 is 4.72 Å². The molecule has 1 unspecified atom stereocenters. The second kappa shape index (κ2) is 6.10. The summed E-state index contributed by atoms with van der Waals surface area (Å²) in [6.07, 6.45) is 1.28. The summed E-state index contributed by atoms with van der Waals surface area (Å²) in [6, 6.07) is 0. The molecule has 0 fully saturated rings. The Morgan fingerprint density at radius 2 is 2.35 bits per heavy atom. The topological polar surface area (TPSA) is 104 Å². The van der Waals surface area contributed by atoms with Crippen molar-refractivity contribution in [1.82, 2.24) is 14.9 Å². The van der Waals surface area contributed by atoms with Crippen LogP contribution in [0.4, 0.5) is 0 Å². The van der Waals surface area contributed by atoms with Gasteiger partial charge in [0, 0.05) is 25.8 Å². The molecular formula is C9H17N3O4S. The van der Waals surface area contributed by atoms with Crippen molar-refractivity contribution < 1.29 is 18.3 Å². The zero-order valence-corrected chi connectivity index (χ0v) is 10.6. The largest absolute Gasteiger partial charge is 0.392 e. The number of ether oxygens (including phenoxy) is 1. The van der Waals surface area contributed by atoms with Gasteiger partial charge in [-0.1, -0.05) is 6.92 Å². The monoisotopic (exact) mass is 263 g/mol. The first kappa shape index (κ1) is 14.1. The molecule has 17 heavy (non-hydrogen) atoms. The molecule has 0 saturated carbocycles. The summed E-state index contributed by atoms with van der Waals surface area (Å²) in [6.45, 7) is 2.23. The standard InChI is InChI=1S/C9H17N3O4S/c1-7(6-16-2)3-11-17(14,15)9-8(5-13)4-10-12-9/h4,7,11,13H,3,5-6H2,1-2H3,(H,10,12). The number of H-pyrrole nitrogens is 1. The van der Waals surface area contributed by atoms with E-state index in [4.69, 9.17) is 9.84 Å². The van der Waals surface area contributed by atoms with Crippen LogP contribution in [-0.2, 0) is 21.4 Å². The highest BCUT2D eigenvalue weighted by atomic mass is 32.2. The summed E-state index contributed by atoms with van der Waals surface area (Å²) in [5.41, 5.74) is 0.247. The van der Waals surface area contributed by atoms with Gasteiger partial charge in [-0.2, -0.15) is 5.10 Å². The van der Waals surface area contributed by atoms with Gasteiger partial charge in [0.05, 0.1) is 12.8 Å². The number of aromatic nitrogens is 2. The van der Waals surface area contributed by atoms with Crippen molar-refractivity contribution >= 4 is 10.0 Å². The highest BCUT2D eigenvalue weighted by molar-refractivity contribution is 7.89. The average Bonchev–Trinajstić information content (AvgIpc) is 2.76. The molecule has 1 atom stereocenters. The van der Waals surface area contributed by atoms with E-state index >= 15 is 0 Å². The molecule has 1 aromatic heterocycles. The van der Waals surface area contributed by atoms with Crippen LogP contribution in [0.2, 0.25) is 0 Å². The Bertz CT molecular complexity index is 443. The molecule has 0 aliphatic heterocycles. The molecule has 3 N–H and O–H groups in total. The summed E-state index contributed by atoms with van der Waals surface area (Å²) in [5.74, 6) is 0.0651. The Balaban J connectivity index is 2.69. The van der Waals surface area contributed by atoms with Gasteiger partial charge in [-0.3, -0.25) is 5.10 Å². The second-order valence-corrected chi connectivity index (χ2v) is 5.50. The molecule has 0 aliphatic carbocycles. The quantitative estimate of drug-likeness (QED) is 0.613. The summed E-state index contributed by atoms with van der Waals surface area (Å²) in [4.78, 5) is 0. The Labute approximate surface area is 100 Å². The molecule has 0 radical (unpaired) electrons. The number of aliphatic hydroxyl groups is 1. The first-order valence-electron chi connectivity index (χ1n) is 5.13. The lowest BCUT2D eigenvalue weighted by molar-refractivity contribution is 0.161. The predicted octanol–water partition coefficient (Wildman–Crippen LogP) is -0.537. The third kappa shape index (κ3) is 3.77. The van der Waals surface area contributed by atoms with E-state index in [0.717, 1.165) is 0 Å². The average molecular weight is 263 g/mol. The first-order chi connectivity index (χ1) is 8.01. The SMILES string of the molecule is COCC(C)CNS(=O)(=O)c1[nH]ncc1CO. The summed E-state index contributed by atoms with van der Waals surface area (Å²) < 4.78 is 31.0. The maximum absolute atomic E-state index is 11.8. The highest BCUT2D eigenvalue weighted by Gasteiger charge is 2.20. The molecule has 0 saturated heterocycles. The number of rotatable bonds is 7. The van der Waals surface area contributed by atoms with Crippen LogP contribution >= 0.6 is 0 Å². The summed E-state index contributed by atoms with van der Waals surface area (Å²) >= 11 is 0. The second-order valence-electron chi connectivity index (χ2n) is 3.79. The summed E-state index contributed by atoms with van der Waals surface area (Å²) in [7, 11) is -2.10. The van der Waals surface area contributed by atoms with Gasteiger partial charge < -0.3 is 9.84 Å². The fourth-order valence-corrected chi connectivity index (χ4v) is 2.60. The van der Waals surface area contributed by atoms with Crippen molar-refractivity contribution in [3.05, 3.63) is 11.8 Å². The Morgan fingerprint density at radius 3 is 2.94 bits per heavy atom. The molecule has 0 aromatic carbocycles. The molecule has 0 spiro atoms. The number of aromatic amines is 1. The van der Waals surface area contributed by atoms with E-state index in [-0.39, 0.29) is 29.7 Å². The van der Waals surface area contributed by atoms with Gasteiger partial charge in [-0.15, -0.1) is 0 Å². The number of methoxy groups -OCH3 is 1. The van der Waals surface area contributed by atoms with Crippen LogP contribution in [-0.4, -0.2) is 44.0 Å². The zero-order chi connectivity index (χ0) is 12.9. The van der Waals surface area contributed by atoms with Crippen molar-refractivity contribution in [3.63, 3.8) is 0 Å². The van der Waals surface area contributed by atoms with E-state index in [0.29, 0.717) is 6.61 Å². The van der Waals surface area contributed by atoms with E-state index in [2.05, 4.69) is 14.9 Å². The lowest BCUT2D eigenvalue weighted by Crippen LogP contribution is -2.30. The smallest absolute Gasteiger partial charge is 0.257 e. The van der Waals surface area contributed by atoms with E-state index in [1.807, 2.05) is 6.92 Å². The minimum Gasteiger partial charge on any atom is -0.392 e. The maximum atomic E-state index is 11.8. The van der Waals surface area contributed by atoms with Crippen molar-refractivity contribution in [2.24, 2.45) is 5.92 Å². The molecule has 1 aromatic rings. The lowest BCUT2D eigenvalue weighted by atomic mass is 10.2. The Hall–Kier alpha value is -0.960. The molecule has 98 valence electrons. The number of nitrogens with zero attached hydrogens (tertiary/aromatic N) is 1. The van der Waals surface area contributed by atoms with Crippen LogP contribution in [0.5, 0.6) is 0 Å². The van der Waals surface area contributed by atoms with E-state index < -0.39 is 10.0 Å². The van der Waals surface area contributed by atoms with E-state index in [1.54, 1.807) is 7.11 Å². The number of aliphatic hydroxyl groups excluding tert-OH is 1. The van der Waals surface area contributed by atoms with E-state index in [1.165, 1.54) is 6.20 Å². The highest BCUT2D eigenvalue weighted by Crippen LogP contribution is 2.11. The van der Waals surface area contributed by atoms with Gasteiger partial charge in [0.1, 0.15) is 0 Å². The number of sulfonamides is 1. The van der Waals surface area contributed by atoms with Gasteiger partial charge in [0.15, 0.2) is 5.03 Å². The number of nitrogens with one attached hydrogen (secondary N) is 2. The van der Waals surface area contributed by atoms with Crippen LogP contribution in [0.1, 0.15) is 12.5 Å². The van der Waals surface area contributed by atoms with Crippen molar-refractivity contribution in [2.75, 3.05) is 20.3 Å². The summed E-state index contributed by atoms with van der Waals surface area (Å²) in [5, 5.41) is 14.8. The van der Waals surface area contributed by atoms with Crippen molar-refractivity contribution in [2.45, 2.75) is 18.6 Å². The van der Waals surface area contributed by atoms with Crippen molar-refractivity contribution in [3.8, 4) is 0 Å². The molecule has 1 rings (SSSR count). The Kier molecular flexibility index (Phi) is 5.06. The van der Waals surface area contributed by atoms with Crippen LogP contribution in [0.15, 0.2) is 11.2 Å². The normalized spacial score (nSPS) is 13.8. The number of hydrogen-bond acceptors (Lipinski definition) is 5. The van der Waals surface area contributed by atoms with Crippen LogP contribution in [0.25, 0.3) is 0 Å². The van der Waals surface area contributed by atoms with E-state index in [9.17, 15) is 8.42 Å². The van der Waals surface area contributed by atoms with Gasteiger partial charge in [0.2, 0.25) is 0 Å². The van der Waals surface area contributed by atoms with Crippen LogP contribution in [0.3, 0.4) is 0 Å². The fourth-order valence-electron chi connectivity index (χ4n) is 1.31. The van der Waals surface area contributed by atoms with Crippen LogP contribution in [0, 0.1) is 5.92 Å². The predicted molar refractivity (Wildman–Crippen MR) is 60.7 cm³/mol. The lowest BCUT2D eigenvalue weighted by Gasteiger charge is -2.11. The van der Waals surface area contributed by atoms with Gasteiger partial charge in [-0.25, -0.2) is 13.1 Å². The molecule has 0 bridgehead atoms. The maximum Gasteiger partial charge on any atom is 0.257 e. The molecule has 1 heterocycles. The van der Waals surface area contributed by atoms with Gasteiger partial charge in [-0.05, 0) is 5.92 Å². The van der Waals surface area contributed by atoms with Gasteiger partial charge >= 0.3 is 0 Å². The molecule has 7 nitrogen and oxygen atoms in total. The third-order valence-corrected chi connectivity index (χ3v) is 3.63. The minimum atomic E-state index is -3.66. The zero-order valence-electron chi connectivity index (χ0n) is 9.80.